The van der Waals surface area contributed by atoms with E-state index < -0.39 is 11.7 Å². The van der Waals surface area contributed by atoms with Gasteiger partial charge in [0.1, 0.15) is 23.7 Å². The van der Waals surface area contributed by atoms with Gasteiger partial charge in [0.15, 0.2) is 5.84 Å². The second kappa shape index (κ2) is 6.85. The van der Waals surface area contributed by atoms with Gasteiger partial charge in [-0.15, -0.1) is 0 Å². The molecular weight excluding hydrogens is 262 g/mol. The number of carbonyl (C=O) groups is 1. The van der Waals surface area contributed by atoms with Crippen molar-refractivity contribution >= 4 is 11.9 Å². The number of rotatable bonds is 4. The molecule has 1 aromatic rings. The van der Waals surface area contributed by atoms with Crippen LogP contribution in [0, 0.1) is 0 Å². The quantitative estimate of drug-likeness (QED) is 0.632. The highest BCUT2D eigenvalue weighted by molar-refractivity contribution is 6.01. The number of nitrogens with zero attached hydrogens (tertiary/aromatic N) is 2. The van der Waals surface area contributed by atoms with E-state index >= 15 is 0 Å². The fraction of sp³-hybridized carbons (Fsp3) is 0.462. The summed E-state index contributed by atoms with van der Waals surface area (Å²) in [6.07, 6.45) is 0.693. The van der Waals surface area contributed by atoms with Crippen LogP contribution in [-0.4, -0.2) is 40.8 Å². The third-order valence-electron chi connectivity index (χ3n) is 1.96. The predicted octanol–water partition coefficient (Wildman–Crippen LogP) is 1.09. The Hall–Kier alpha value is -2.15. The average Bonchev–Trinajstić information content (AvgIpc) is 2.34. The normalized spacial score (nSPS) is 12.1. The summed E-state index contributed by atoms with van der Waals surface area (Å²) < 4.78 is 10.2. The van der Waals surface area contributed by atoms with Crippen LogP contribution in [0.15, 0.2) is 23.3 Å². The number of pyridine rings is 1. The fourth-order valence-corrected chi connectivity index (χ4v) is 1.24. The van der Waals surface area contributed by atoms with E-state index in [1.54, 1.807) is 26.8 Å². The molecule has 7 nitrogen and oxygen atoms in total. The molecule has 1 aromatic heterocycles. The number of hydrogen-bond donors (Lipinski definition) is 2. The lowest BCUT2D eigenvalue weighted by Crippen LogP contribution is -2.24. The molecule has 0 fully saturated rings. The van der Waals surface area contributed by atoms with Gasteiger partial charge in [0, 0.05) is 12.3 Å². The van der Waals surface area contributed by atoms with E-state index in [1.165, 1.54) is 12.3 Å². The van der Waals surface area contributed by atoms with Gasteiger partial charge in [0.2, 0.25) is 0 Å². The lowest BCUT2D eigenvalue weighted by molar-refractivity contribution is 0.0604. The van der Waals surface area contributed by atoms with Gasteiger partial charge in [-0.2, -0.15) is 4.99 Å². The van der Waals surface area contributed by atoms with Gasteiger partial charge < -0.3 is 20.3 Å². The second-order valence-electron chi connectivity index (χ2n) is 4.93. The number of ether oxygens (including phenoxy) is 2. The molecule has 0 aliphatic heterocycles. The Bertz CT molecular complexity index is 495. The molecule has 0 aliphatic rings. The third kappa shape index (κ3) is 5.66. The maximum absolute atomic E-state index is 11.5. The summed E-state index contributed by atoms with van der Waals surface area (Å²) in [5, 5.41) is 8.68. The van der Waals surface area contributed by atoms with E-state index in [0.29, 0.717) is 11.4 Å². The zero-order chi connectivity index (χ0) is 15.2. The number of aliphatic imine (C=N–C) groups is 1. The van der Waals surface area contributed by atoms with E-state index in [1.807, 2.05) is 0 Å². The number of carbonyl (C=O) groups excluding carboxylic acids is 1. The van der Waals surface area contributed by atoms with Crippen molar-refractivity contribution in [3.63, 3.8) is 0 Å². The van der Waals surface area contributed by atoms with Gasteiger partial charge in [-0.25, -0.2) is 4.79 Å². The van der Waals surface area contributed by atoms with Crippen molar-refractivity contribution in [1.82, 2.24) is 4.98 Å². The minimum absolute atomic E-state index is 0.0614. The monoisotopic (exact) mass is 281 g/mol. The number of amidine groups is 1. The molecule has 0 bridgehead atoms. The van der Waals surface area contributed by atoms with E-state index in [2.05, 4.69) is 9.98 Å². The first-order valence-electron chi connectivity index (χ1n) is 6.09. The van der Waals surface area contributed by atoms with Crippen LogP contribution in [0.1, 0.15) is 26.5 Å². The molecular formula is C13H19N3O4. The van der Waals surface area contributed by atoms with Crippen LogP contribution in [0.3, 0.4) is 0 Å². The molecule has 20 heavy (non-hydrogen) atoms. The molecule has 0 aliphatic carbocycles. The summed E-state index contributed by atoms with van der Waals surface area (Å²) in [6.45, 7) is 5.26. The highest BCUT2D eigenvalue weighted by Crippen LogP contribution is 2.12. The molecule has 7 heteroatoms. The third-order valence-corrected chi connectivity index (χ3v) is 1.96. The Kier molecular flexibility index (Phi) is 5.45. The van der Waals surface area contributed by atoms with Crippen molar-refractivity contribution in [3.05, 3.63) is 24.0 Å². The van der Waals surface area contributed by atoms with Crippen LogP contribution >= 0.6 is 0 Å². The molecule has 0 atom stereocenters. The Morgan fingerprint density at radius 1 is 1.50 bits per heavy atom. The van der Waals surface area contributed by atoms with Gasteiger partial charge in [0.05, 0.1) is 6.61 Å². The maximum Gasteiger partial charge on any atom is 0.436 e. The van der Waals surface area contributed by atoms with Crippen LogP contribution in [0.4, 0.5) is 4.79 Å². The first-order valence-corrected chi connectivity index (χ1v) is 6.09. The summed E-state index contributed by atoms with van der Waals surface area (Å²) in [7, 11) is 0. The Balaban J connectivity index is 2.80. The minimum Gasteiger partial charge on any atom is -0.491 e. The summed E-state index contributed by atoms with van der Waals surface area (Å²) in [4.78, 5) is 19.1. The van der Waals surface area contributed by atoms with Gasteiger partial charge in [-0.05, 0) is 26.8 Å². The molecule has 0 spiro atoms. The van der Waals surface area contributed by atoms with Crippen molar-refractivity contribution < 1.29 is 19.4 Å². The van der Waals surface area contributed by atoms with Crippen LogP contribution in [0.25, 0.3) is 0 Å². The lowest BCUT2D eigenvalue weighted by atomic mass is 10.2. The van der Waals surface area contributed by atoms with Crippen molar-refractivity contribution in [2.75, 3.05) is 13.2 Å². The van der Waals surface area contributed by atoms with Crippen LogP contribution < -0.4 is 10.5 Å². The fourth-order valence-electron chi connectivity index (χ4n) is 1.24. The Morgan fingerprint density at radius 3 is 2.80 bits per heavy atom. The van der Waals surface area contributed by atoms with Gasteiger partial charge >= 0.3 is 6.09 Å². The molecule has 1 amide bonds. The van der Waals surface area contributed by atoms with Crippen LogP contribution in [0.5, 0.6) is 5.75 Å². The first-order chi connectivity index (χ1) is 9.31. The molecule has 0 radical (unpaired) electrons. The molecule has 0 saturated carbocycles. The summed E-state index contributed by atoms with van der Waals surface area (Å²) in [5.74, 6) is 0.417. The Morgan fingerprint density at radius 2 is 2.20 bits per heavy atom. The van der Waals surface area contributed by atoms with Gasteiger partial charge in [-0.1, -0.05) is 0 Å². The minimum atomic E-state index is -0.779. The van der Waals surface area contributed by atoms with Crippen LogP contribution in [-0.2, 0) is 4.74 Å². The van der Waals surface area contributed by atoms with Gasteiger partial charge in [-0.3, -0.25) is 4.98 Å². The van der Waals surface area contributed by atoms with E-state index in [4.69, 9.17) is 20.3 Å². The van der Waals surface area contributed by atoms with E-state index in [0.717, 1.165) is 0 Å². The lowest BCUT2D eigenvalue weighted by Gasteiger charge is -2.17. The number of amides is 1. The average molecular weight is 281 g/mol. The standard InChI is InChI=1S/C13H19N3O4/c1-13(2,3)20-12(18)16-11(14)10-8-9(4-5-15-10)19-7-6-17/h4-5,8,17H,6-7H2,1-3H3,(H2,14,16,18). The summed E-state index contributed by atoms with van der Waals surface area (Å²) in [6, 6.07) is 3.14. The first kappa shape index (κ1) is 15.9. The number of aromatic nitrogens is 1. The SMILES string of the molecule is CC(C)(C)OC(=O)N=C(N)c1cc(OCCO)ccn1. The zero-order valence-electron chi connectivity index (χ0n) is 11.8. The Labute approximate surface area is 117 Å². The second-order valence-corrected chi connectivity index (χ2v) is 4.93. The van der Waals surface area contributed by atoms with Gasteiger partial charge in [0.25, 0.3) is 0 Å². The van der Waals surface area contributed by atoms with Crippen molar-refractivity contribution in [2.45, 2.75) is 26.4 Å². The van der Waals surface area contributed by atoms with Crippen molar-refractivity contribution in [1.29, 1.82) is 0 Å². The van der Waals surface area contributed by atoms with Crippen LogP contribution in [0.2, 0.25) is 0 Å². The number of nitrogens with two attached hydrogens (primary N) is 1. The molecule has 1 rings (SSSR count). The molecule has 110 valence electrons. The topological polar surface area (TPSA) is 107 Å². The van der Waals surface area contributed by atoms with Crippen molar-refractivity contribution in [2.24, 2.45) is 10.7 Å². The number of aliphatic hydroxyl groups is 1. The molecule has 3 N–H and O–H groups in total. The summed E-state index contributed by atoms with van der Waals surface area (Å²) >= 11 is 0. The van der Waals surface area contributed by atoms with E-state index in [9.17, 15) is 4.79 Å². The maximum atomic E-state index is 11.5. The zero-order valence-corrected chi connectivity index (χ0v) is 11.8. The molecule has 0 aromatic carbocycles. The predicted molar refractivity (Wildman–Crippen MR) is 73.8 cm³/mol. The smallest absolute Gasteiger partial charge is 0.436 e. The molecule has 1 heterocycles. The van der Waals surface area contributed by atoms with E-state index in [-0.39, 0.29) is 19.0 Å². The largest absolute Gasteiger partial charge is 0.491 e. The highest BCUT2D eigenvalue weighted by atomic mass is 16.6. The summed E-state index contributed by atoms with van der Waals surface area (Å²) in [5.41, 5.74) is 5.35. The molecule has 0 unspecified atom stereocenters. The number of hydrogen-bond acceptors (Lipinski definition) is 5. The number of aliphatic hydroxyl groups excluding tert-OH is 1. The molecule has 0 saturated heterocycles. The van der Waals surface area contributed by atoms with Crippen molar-refractivity contribution in [3.8, 4) is 5.75 Å². The highest BCUT2D eigenvalue weighted by Gasteiger charge is 2.16.